The number of hydrogen-bond acceptors (Lipinski definition) is 6. The Morgan fingerprint density at radius 1 is 0.618 bits per heavy atom. The first-order valence-electron chi connectivity index (χ1n) is 10.3. The van der Waals surface area contributed by atoms with Crippen LogP contribution < -0.4 is 9.47 Å². The highest BCUT2D eigenvalue weighted by atomic mass is 16.7. The molecule has 0 spiro atoms. The summed E-state index contributed by atoms with van der Waals surface area (Å²) in [5.41, 5.74) is 1.07. The molecule has 2 N–H and O–H groups in total. The van der Waals surface area contributed by atoms with Gasteiger partial charge in [-0.05, 0) is 33.7 Å². The van der Waals surface area contributed by atoms with Crippen molar-refractivity contribution >= 4 is 33.5 Å². The lowest BCUT2D eigenvalue weighted by Crippen LogP contribution is -2.29. The summed E-state index contributed by atoms with van der Waals surface area (Å²) in [6, 6.07) is 22.0. The fourth-order valence-electron chi connectivity index (χ4n) is 3.84. The van der Waals surface area contributed by atoms with Gasteiger partial charge in [0.1, 0.15) is 11.5 Å². The van der Waals surface area contributed by atoms with Gasteiger partial charge < -0.3 is 29.2 Å². The van der Waals surface area contributed by atoms with Gasteiger partial charge in [-0.1, -0.05) is 60.7 Å². The van der Waals surface area contributed by atoms with Gasteiger partial charge in [-0.3, -0.25) is 0 Å². The molecule has 0 bridgehead atoms. The highest BCUT2D eigenvalue weighted by Gasteiger charge is 2.26. The molecule has 4 aromatic carbocycles. The molecule has 0 radical (unpaired) electrons. The molecule has 4 rings (SSSR count). The van der Waals surface area contributed by atoms with Crippen LogP contribution in [0.3, 0.4) is 0 Å². The van der Waals surface area contributed by atoms with E-state index in [1.54, 1.807) is 12.1 Å². The molecule has 174 valence electrons. The molecule has 0 saturated heterocycles. The Kier molecular flexibility index (Phi) is 6.62. The van der Waals surface area contributed by atoms with E-state index >= 15 is 0 Å². The molecule has 4 aromatic rings. The molecular formula is C26H22O8. The number of ether oxygens (including phenoxy) is 4. The van der Waals surface area contributed by atoms with E-state index in [0.29, 0.717) is 11.1 Å². The first-order valence-corrected chi connectivity index (χ1v) is 10.3. The molecule has 0 saturated carbocycles. The summed E-state index contributed by atoms with van der Waals surface area (Å²) in [5.74, 6) is -2.11. The fourth-order valence-corrected chi connectivity index (χ4v) is 3.84. The van der Waals surface area contributed by atoms with E-state index in [9.17, 15) is 19.8 Å². The summed E-state index contributed by atoms with van der Waals surface area (Å²) in [5, 5.41) is 22.2. The maximum absolute atomic E-state index is 11.6. The van der Waals surface area contributed by atoms with Gasteiger partial charge in [0.2, 0.25) is 0 Å². The van der Waals surface area contributed by atoms with Crippen molar-refractivity contribution in [3.8, 4) is 22.6 Å². The molecule has 0 amide bonds. The molecule has 8 heteroatoms. The van der Waals surface area contributed by atoms with Crippen LogP contribution in [0.2, 0.25) is 0 Å². The third kappa shape index (κ3) is 4.36. The number of fused-ring (bicyclic) bond motifs is 2. The zero-order chi connectivity index (χ0) is 24.2. The van der Waals surface area contributed by atoms with E-state index in [-0.39, 0.29) is 11.5 Å². The molecule has 2 atom stereocenters. The summed E-state index contributed by atoms with van der Waals surface area (Å²) >= 11 is 0. The first-order chi connectivity index (χ1) is 16.4. The van der Waals surface area contributed by atoms with Crippen molar-refractivity contribution in [3.63, 3.8) is 0 Å². The van der Waals surface area contributed by atoms with Gasteiger partial charge in [0.05, 0.1) is 0 Å². The van der Waals surface area contributed by atoms with Gasteiger partial charge in [0.15, 0.2) is 0 Å². The van der Waals surface area contributed by atoms with Crippen LogP contribution in [-0.2, 0) is 19.1 Å². The van der Waals surface area contributed by atoms with Gasteiger partial charge >= 0.3 is 11.9 Å². The SMILES string of the molecule is COC(Oc1ccc2ccccc2c1-c1c(OC(OC)C(=O)O)ccc2ccccc12)C(=O)O. The van der Waals surface area contributed by atoms with E-state index in [2.05, 4.69) is 0 Å². The second kappa shape index (κ2) is 9.78. The van der Waals surface area contributed by atoms with Crippen molar-refractivity contribution < 1.29 is 38.7 Å². The van der Waals surface area contributed by atoms with Crippen LogP contribution in [0.1, 0.15) is 0 Å². The molecule has 2 unspecified atom stereocenters. The molecule has 0 heterocycles. The quantitative estimate of drug-likeness (QED) is 0.349. The first kappa shape index (κ1) is 23.0. The number of carbonyl (C=O) groups is 2. The summed E-state index contributed by atoms with van der Waals surface area (Å²) in [4.78, 5) is 23.3. The van der Waals surface area contributed by atoms with E-state index in [4.69, 9.17) is 18.9 Å². The van der Waals surface area contributed by atoms with Crippen LogP contribution in [0.5, 0.6) is 11.5 Å². The van der Waals surface area contributed by atoms with Gasteiger partial charge in [-0.2, -0.15) is 0 Å². The lowest BCUT2D eigenvalue weighted by molar-refractivity contribution is -0.167. The summed E-state index contributed by atoms with van der Waals surface area (Å²) in [7, 11) is 2.48. The fraction of sp³-hybridized carbons (Fsp3) is 0.154. The maximum atomic E-state index is 11.6. The number of aliphatic carboxylic acids is 2. The maximum Gasteiger partial charge on any atom is 0.373 e. The molecule has 0 aliphatic carbocycles. The molecule has 0 aliphatic rings. The Bertz CT molecular complexity index is 1260. The topological polar surface area (TPSA) is 112 Å². The van der Waals surface area contributed by atoms with Crippen molar-refractivity contribution in [1.82, 2.24) is 0 Å². The van der Waals surface area contributed by atoms with Crippen LogP contribution in [0.25, 0.3) is 32.7 Å². The summed E-state index contributed by atoms with van der Waals surface area (Å²) in [6.45, 7) is 0. The molecule has 0 fully saturated rings. The molecule has 8 nitrogen and oxygen atoms in total. The Balaban J connectivity index is 2.06. The van der Waals surface area contributed by atoms with Crippen LogP contribution in [0, 0.1) is 0 Å². The van der Waals surface area contributed by atoms with Crippen LogP contribution in [-0.4, -0.2) is 49.0 Å². The van der Waals surface area contributed by atoms with E-state index < -0.39 is 24.5 Å². The number of methoxy groups -OCH3 is 2. The van der Waals surface area contributed by atoms with Gasteiger partial charge in [-0.15, -0.1) is 0 Å². The normalized spacial score (nSPS) is 12.9. The second-order valence-corrected chi connectivity index (χ2v) is 7.37. The lowest BCUT2D eigenvalue weighted by atomic mass is 9.92. The number of benzene rings is 4. The Hall–Kier alpha value is -4.14. The smallest absolute Gasteiger partial charge is 0.373 e. The molecule has 0 aromatic heterocycles. The van der Waals surface area contributed by atoms with Crippen molar-refractivity contribution in [2.24, 2.45) is 0 Å². The Labute approximate surface area is 194 Å². The highest BCUT2D eigenvalue weighted by Crippen LogP contribution is 2.46. The van der Waals surface area contributed by atoms with E-state index in [0.717, 1.165) is 21.5 Å². The number of carboxylic acid groups (broad SMARTS) is 2. The average Bonchev–Trinajstić information content (AvgIpc) is 2.85. The lowest BCUT2D eigenvalue weighted by Gasteiger charge is -2.22. The summed E-state index contributed by atoms with van der Waals surface area (Å²) < 4.78 is 21.6. The Morgan fingerprint density at radius 3 is 1.35 bits per heavy atom. The minimum absolute atomic E-state index is 0.235. The van der Waals surface area contributed by atoms with Crippen LogP contribution >= 0.6 is 0 Å². The van der Waals surface area contributed by atoms with Crippen LogP contribution in [0.4, 0.5) is 0 Å². The number of rotatable bonds is 9. The summed E-state index contributed by atoms with van der Waals surface area (Å²) in [6.07, 6.45) is -3.10. The van der Waals surface area contributed by atoms with Crippen molar-refractivity contribution in [3.05, 3.63) is 72.8 Å². The molecule has 34 heavy (non-hydrogen) atoms. The van der Waals surface area contributed by atoms with Gasteiger partial charge in [0, 0.05) is 25.3 Å². The van der Waals surface area contributed by atoms with Crippen molar-refractivity contribution in [2.75, 3.05) is 14.2 Å². The average molecular weight is 462 g/mol. The number of carboxylic acids is 2. The standard InChI is InChI=1S/C26H22O8/c1-31-25(23(27)28)33-19-13-11-15-7-3-5-9-17(15)21(19)22-18-10-6-4-8-16(18)12-14-20(22)34-26(32-2)24(29)30/h3-14,25-26H,1-2H3,(H,27,28)(H,29,30). The largest absolute Gasteiger partial charge is 0.477 e. The molecular weight excluding hydrogens is 440 g/mol. The van der Waals surface area contributed by atoms with Crippen molar-refractivity contribution in [2.45, 2.75) is 12.6 Å². The van der Waals surface area contributed by atoms with E-state index in [1.807, 2.05) is 60.7 Å². The third-order valence-electron chi connectivity index (χ3n) is 5.33. The minimum Gasteiger partial charge on any atom is -0.477 e. The highest BCUT2D eigenvalue weighted by molar-refractivity contribution is 6.09. The Morgan fingerprint density at radius 2 is 1.00 bits per heavy atom. The van der Waals surface area contributed by atoms with Gasteiger partial charge in [-0.25, -0.2) is 9.59 Å². The van der Waals surface area contributed by atoms with Crippen LogP contribution in [0.15, 0.2) is 72.8 Å². The second-order valence-electron chi connectivity index (χ2n) is 7.37. The predicted octanol–water partition coefficient (Wildman–Crippen LogP) is 4.53. The zero-order valence-corrected chi connectivity index (χ0v) is 18.4. The van der Waals surface area contributed by atoms with Gasteiger partial charge in [0.25, 0.3) is 12.6 Å². The van der Waals surface area contributed by atoms with E-state index in [1.165, 1.54) is 14.2 Å². The molecule has 0 aliphatic heterocycles. The zero-order valence-electron chi connectivity index (χ0n) is 18.4. The number of hydrogen-bond donors (Lipinski definition) is 2. The minimum atomic E-state index is -1.55. The predicted molar refractivity (Wildman–Crippen MR) is 125 cm³/mol. The monoisotopic (exact) mass is 462 g/mol. The van der Waals surface area contributed by atoms with Crippen molar-refractivity contribution in [1.29, 1.82) is 0 Å². The third-order valence-corrected chi connectivity index (χ3v) is 5.33.